The van der Waals surface area contributed by atoms with Crippen LogP contribution < -0.4 is 0 Å². The van der Waals surface area contributed by atoms with Crippen molar-refractivity contribution in [2.75, 3.05) is 0 Å². The van der Waals surface area contributed by atoms with Gasteiger partial charge in [-0.2, -0.15) is 5.10 Å². The normalized spacial score (nSPS) is 10.7. The molecular formula is C15H12N2O4. The SMILES string of the molecule is Cc1ccc(-n2nc(C(=O)O)cc2-c2ccco2)c(O)c1. The maximum atomic E-state index is 11.1. The Morgan fingerprint density at radius 3 is 2.71 bits per heavy atom. The van der Waals surface area contributed by atoms with Gasteiger partial charge in [0.15, 0.2) is 11.5 Å². The first kappa shape index (κ1) is 13.0. The van der Waals surface area contributed by atoms with E-state index in [2.05, 4.69) is 5.10 Å². The molecule has 0 spiro atoms. The second-order valence-electron chi connectivity index (χ2n) is 4.60. The number of phenolic OH excluding ortho intramolecular Hbond substituents is 1. The van der Waals surface area contributed by atoms with E-state index in [0.717, 1.165) is 5.56 Å². The van der Waals surface area contributed by atoms with Gasteiger partial charge >= 0.3 is 5.97 Å². The first-order chi connectivity index (χ1) is 10.1. The molecule has 6 nitrogen and oxygen atoms in total. The summed E-state index contributed by atoms with van der Waals surface area (Å²) < 4.78 is 6.66. The van der Waals surface area contributed by atoms with Gasteiger partial charge in [-0.25, -0.2) is 9.48 Å². The van der Waals surface area contributed by atoms with E-state index in [1.165, 1.54) is 17.0 Å². The Bertz CT molecular complexity index is 803. The summed E-state index contributed by atoms with van der Waals surface area (Å²) in [6, 6.07) is 9.87. The number of benzene rings is 1. The molecule has 0 fully saturated rings. The van der Waals surface area contributed by atoms with Gasteiger partial charge in [0.05, 0.1) is 6.26 Å². The van der Waals surface area contributed by atoms with Gasteiger partial charge in [-0.3, -0.25) is 0 Å². The van der Waals surface area contributed by atoms with Gasteiger partial charge < -0.3 is 14.6 Å². The summed E-state index contributed by atoms with van der Waals surface area (Å²) in [7, 11) is 0. The molecule has 21 heavy (non-hydrogen) atoms. The van der Waals surface area contributed by atoms with Crippen LogP contribution in [0.15, 0.2) is 47.1 Å². The van der Waals surface area contributed by atoms with Crippen LogP contribution in [0.1, 0.15) is 16.1 Å². The zero-order chi connectivity index (χ0) is 15.0. The molecule has 0 aliphatic rings. The number of aryl methyl sites for hydroxylation is 1. The van der Waals surface area contributed by atoms with Crippen molar-refractivity contribution >= 4 is 5.97 Å². The molecule has 0 amide bonds. The summed E-state index contributed by atoms with van der Waals surface area (Å²) in [6.45, 7) is 1.85. The Balaban J connectivity index is 2.23. The highest BCUT2D eigenvalue weighted by Gasteiger charge is 2.19. The number of aromatic nitrogens is 2. The Labute approximate surface area is 119 Å². The fourth-order valence-corrected chi connectivity index (χ4v) is 2.08. The van der Waals surface area contributed by atoms with Crippen molar-refractivity contribution in [3.05, 3.63) is 53.9 Å². The summed E-state index contributed by atoms with van der Waals surface area (Å²) in [5, 5.41) is 23.2. The lowest BCUT2D eigenvalue weighted by Crippen LogP contribution is -2.02. The molecule has 6 heteroatoms. The summed E-state index contributed by atoms with van der Waals surface area (Å²) in [5.41, 5.74) is 1.61. The van der Waals surface area contributed by atoms with Crippen LogP contribution in [0.4, 0.5) is 0 Å². The fraction of sp³-hybridized carbons (Fsp3) is 0.0667. The largest absolute Gasteiger partial charge is 0.506 e. The molecule has 0 bridgehead atoms. The van der Waals surface area contributed by atoms with E-state index in [9.17, 15) is 9.90 Å². The van der Waals surface area contributed by atoms with Gasteiger partial charge in [-0.05, 0) is 36.8 Å². The predicted molar refractivity (Wildman–Crippen MR) is 74.6 cm³/mol. The number of carboxylic acids is 1. The molecule has 1 aromatic carbocycles. The van der Waals surface area contributed by atoms with E-state index in [0.29, 0.717) is 17.1 Å². The quantitative estimate of drug-likeness (QED) is 0.772. The van der Waals surface area contributed by atoms with Crippen molar-refractivity contribution in [2.45, 2.75) is 6.92 Å². The minimum Gasteiger partial charge on any atom is -0.506 e. The summed E-state index contributed by atoms with van der Waals surface area (Å²) in [4.78, 5) is 11.1. The molecule has 0 saturated heterocycles. The molecule has 2 heterocycles. The van der Waals surface area contributed by atoms with Crippen molar-refractivity contribution < 1.29 is 19.4 Å². The van der Waals surface area contributed by atoms with Crippen LogP contribution in [0.2, 0.25) is 0 Å². The smallest absolute Gasteiger partial charge is 0.356 e. The Morgan fingerprint density at radius 1 is 1.29 bits per heavy atom. The molecule has 0 aliphatic heterocycles. The lowest BCUT2D eigenvalue weighted by molar-refractivity contribution is 0.0690. The van der Waals surface area contributed by atoms with Gasteiger partial charge in [0.1, 0.15) is 17.1 Å². The van der Waals surface area contributed by atoms with Crippen LogP contribution in [0.25, 0.3) is 17.1 Å². The van der Waals surface area contributed by atoms with Crippen molar-refractivity contribution in [1.29, 1.82) is 0 Å². The summed E-state index contributed by atoms with van der Waals surface area (Å²) in [5.74, 6) is -0.661. The average Bonchev–Trinajstić information content (AvgIpc) is 3.07. The Hall–Kier alpha value is -3.02. The molecule has 0 aliphatic carbocycles. The molecule has 0 unspecified atom stereocenters. The number of carboxylic acid groups (broad SMARTS) is 1. The molecule has 106 valence electrons. The molecule has 2 aromatic heterocycles. The number of carbonyl (C=O) groups is 1. The molecule has 0 saturated carbocycles. The second kappa shape index (κ2) is 4.82. The molecule has 2 N–H and O–H groups in total. The molecular weight excluding hydrogens is 272 g/mol. The third-order valence-corrected chi connectivity index (χ3v) is 3.06. The maximum Gasteiger partial charge on any atom is 0.356 e. The average molecular weight is 284 g/mol. The van der Waals surface area contributed by atoms with E-state index in [1.54, 1.807) is 24.3 Å². The van der Waals surface area contributed by atoms with Gasteiger partial charge in [0.25, 0.3) is 0 Å². The van der Waals surface area contributed by atoms with Crippen LogP contribution >= 0.6 is 0 Å². The zero-order valence-electron chi connectivity index (χ0n) is 11.1. The van der Waals surface area contributed by atoms with Crippen molar-refractivity contribution in [3.63, 3.8) is 0 Å². The third-order valence-electron chi connectivity index (χ3n) is 3.06. The van der Waals surface area contributed by atoms with Crippen LogP contribution in [-0.4, -0.2) is 26.0 Å². The predicted octanol–water partition coefficient (Wildman–Crippen LogP) is 2.84. The summed E-state index contributed by atoms with van der Waals surface area (Å²) >= 11 is 0. The van der Waals surface area contributed by atoms with E-state index >= 15 is 0 Å². The van der Waals surface area contributed by atoms with Crippen LogP contribution in [-0.2, 0) is 0 Å². The highest BCUT2D eigenvalue weighted by atomic mass is 16.4. The van der Waals surface area contributed by atoms with Crippen molar-refractivity contribution in [3.8, 4) is 22.9 Å². The number of aromatic hydroxyl groups is 1. The van der Waals surface area contributed by atoms with Gasteiger partial charge in [-0.1, -0.05) is 6.07 Å². The number of rotatable bonds is 3. The van der Waals surface area contributed by atoms with E-state index in [-0.39, 0.29) is 11.4 Å². The number of furan rings is 1. The van der Waals surface area contributed by atoms with Crippen molar-refractivity contribution in [2.24, 2.45) is 0 Å². The minimum atomic E-state index is -1.15. The lowest BCUT2D eigenvalue weighted by Gasteiger charge is -2.08. The highest BCUT2D eigenvalue weighted by Crippen LogP contribution is 2.29. The molecule has 3 aromatic rings. The highest BCUT2D eigenvalue weighted by molar-refractivity contribution is 5.87. The summed E-state index contributed by atoms with van der Waals surface area (Å²) in [6.07, 6.45) is 1.49. The Kier molecular flexibility index (Phi) is 2.98. The van der Waals surface area contributed by atoms with Crippen LogP contribution in [0.3, 0.4) is 0 Å². The van der Waals surface area contributed by atoms with Gasteiger partial charge in [0, 0.05) is 6.07 Å². The third kappa shape index (κ3) is 2.27. The van der Waals surface area contributed by atoms with Gasteiger partial charge in [0.2, 0.25) is 0 Å². The second-order valence-corrected chi connectivity index (χ2v) is 4.60. The fourth-order valence-electron chi connectivity index (χ4n) is 2.08. The number of hydrogen-bond acceptors (Lipinski definition) is 4. The maximum absolute atomic E-state index is 11.1. The first-order valence-electron chi connectivity index (χ1n) is 6.23. The number of aromatic carboxylic acids is 1. The Morgan fingerprint density at radius 2 is 2.10 bits per heavy atom. The van der Waals surface area contributed by atoms with Crippen LogP contribution in [0.5, 0.6) is 5.75 Å². The van der Waals surface area contributed by atoms with E-state index < -0.39 is 5.97 Å². The molecule has 3 rings (SSSR count). The minimum absolute atomic E-state index is 0.0165. The standard InChI is InChI=1S/C15H12N2O4/c1-9-4-5-11(13(18)7-9)17-12(14-3-2-6-21-14)8-10(16-17)15(19)20/h2-8,18H,1H3,(H,19,20). The van der Waals surface area contributed by atoms with E-state index in [4.69, 9.17) is 9.52 Å². The van der Waals surface area contributed by atoms with E-state index in [1.807, 2.05) is 13.0 Å². The first-order valence-corrected chi connectivity index (χ1v) is 6.23. The molecule has 0 atom stereocenters. The lowest BCUT2D eigenvalue weighted by atomic mass is 10.2. The molecule has 0 radical (unpaired) electrons. The topological polar surface area (TPSA) is 88.5 Å². The number of phenols is 1. The number of hydrogen-bond donors (Lipinski definition) is 2. The van der Waals surface area contributed by atoms with Gasteiger partial charge in [-0.15, -0.1) is 0 Å². The zero-order valence-corrected chi connectivity index (χ0v) is 11.1. The van der Waals surface area contributed by atoms with Crippen molar-refractivity contribution in [1.82, 2.24) is 9.78 Å². The van der Waals surface area contributed by atoms with Crippen LogP contribution in [0, 0.1) is 6.92 Å². The number of nitrogens with zero attached hydrogens (tertiary/aromatic N) is 2. The monoisotopic (exact) mass is 284 g/mol.